The number of fused-ring (bicyclic) bond motifs is 1. The molecule has 0 saturated carbocycles. The van der Waals surface area contributed by atoms with E-state index in [-0.39, 0.29) is 0 Å². The number of hydrogen-bond acceptors (Lipinski definition) is 2. The van der Waals surface area contributed by atoms with E-state index >= 15 is 0 Å². The first-order chi connectivity index (χ1) is 8.93. The summed E-state index contributed by atoms with van der Waals surface area (Å²) >= 11 is 18.1. The van der Waals surface area contributed by atoms with Crippen molar-refractivity contribution >= 4 is 45.8 Å². The van der Waals surface area contributed by atoms with Gasteiger partial charge in [-0.15, -0.1) is 11.6 Å². The van der Waals surface area contributed by atoms with Gasteiger partial charge in [0.15, 0.2) is 0 Å². The van der Waals surface area contributed by atoms with Gasteiger partial charge >= 0.3 is 0 Å². The summed E-state index contributed by atoms with van der Waals surface area (Å²) in [5.41, 5.74) is 1.80. The molecule has 0 spiro atoms. The lowest BCUT2D eigenvalue weighted by Gasteiger charge is -2.21. The van der Waals surface area contributed by atoms with Crippen LogP contribution in [0.1, 0.15) is 12.7 Å². The molecule has 104 valence electrons. The summed E-state index contributed by atoms with van der Waals surface area (Å²) in [7, 11) is 4.10. The maximum Gasteiger partial charge on any atom is 0.124 e. The molecule has 0 saturated heterocycles. The average molecular weight is 321 g/mol. The molecular formula is C13H16Cl3N3. The van der Waals surface area contributed by atoms with Crippen molar-refractivity contribution in [2.24, 2.45) is 0 Å². The normalized spacial score (nSPS) is 13.4. The zero-order valence-corrected chi connectivity index (χ0v) is 13.4. The first kappa shape index (κ1) is 14.9. The molecule has 0 bridgehead atoms. The molecule has 0 amide bonds. The molecule has 3 nitrogen and oxygen atoms in total. The quantitative estimate of drug-likeness (QED) is 0.793. The SMILES string of the molecule is CC(Cn1c(CCl)nc2cc(Cl)c(Cl)cc21)N(C)C. The Hall–Kier alpha value is -0.480. The van der Waals surface area contributed by atoms with Crippen LogP contribution in [0.2, 0.25) is 10.0 Å². The lowest BCUT2D eigenvalue weighted by atomic mass is 10.2. The third-order valence-corrected chi connectivity index (χ3v) is 4.28. The number of halogens is 3. The second kappa shape index (κ2) is 5.88. The van der Waals surface area contributed by atoms with E-state index in [0.29, 0.717) is 22.0 Å². The summed E-state index contributed by atoms with van der Waals surface area (Å²) < 4.78 is 2.11. The lowest BCUT2D eigenvalue weighted by Crippen LogP contribution is -2.29. The number of likely N-dealkylation sites (N-methyl/N-ethyl adjacent to an activating group) is 1. The first-order valence-corrected chi connectivity index (χ1v) is 7.29. The minimum atomic E-state index is 0.365. The van der Waals surface area contributed by atoms with Gasteiger partial charge in [0.05, 0.1) is 27.0 Å². The van der Waals surface area contributed by atoms with Crippen LogP contribution in [-0.4, -0.2) is 34.6 Å². The smallest absolute Gasteiger partial charge is 0.124 e. The van der Waals surface area contributed by atoms with Crippen LogP contribution in [0.15, 0.2) is 12.1 Å². The summed E-state index contributed by atoms with van der Waals surface area (Å²) in [6, 6.07) is 4.00. The van der Waals surface area contributed by atoms with E-state index < -0.39 is 0 Å². The summed E-state index contributed by atoms with van der Waals surface area (Å²) in [5, 5.41) is 1.05. The molecule has 0 aliphatic rings. The van der Waals surface area contributed by atoms with Crippen molar-refractivity contribution in [1.29, 1.82) is 0 Å². The van der Waals surface area contributed by atoms with E-state index in [1.165, 1.54) is 0 Å². The van der Waals surface area contributed by atoms with Crippen molar-refractivity contribution in [1.82, 2.24) is 14.5 Å². The zero-order valence-electron chi connectivity index (χ0n) is 11.1. The Balaban J connectivity index is 2.53. The van der Waals surface area contributed by atoms with Crippen LogP contribution in [0, 0.1) is 0 Å². The molecule has 0 N–H and O–H groups in total. The third-order valence-electron chi connectivity index (χ3n) is 3.32. The molecule has 1 unspecified atom stereocenters. The number of rotatable bonds is 4. The van der Waals surface area contributed by atoms with E-state index in [0.717, 1.165) is 23.4 Å². The zero-order chi connectivity index (χ0) is 14.2. The molecule has 19 heavy (non-hydrogen) atoms. The second-order valence-corrected chi connectivity index (χ2v) is 5.92. The Bertz CT molecular complexity index is 592. The molecule has 1 aromatic heterocycles. The minimum absolute atomic E-state index is 0.365. The van der Waals surface area contributed by atoms with Gasteiger partial charge in [0.25, 0.3) is 0 Å². The number of nitrogens with zero attached hydrogens (tertiary/aromatic N) is 3. The molecular weight excluding hydrogens is 305 g/mol. The van der Waals surface area contributed by atoms with Crippen molar-refractivity contribution in [2.45, 2.75) is 25.4 Å². The summed E-state index contributed by atoms with van der Waals surface area (Å²) in [5.74, 6) is 1.20. The first-order valence-electron chi connectivity index (χ1n) is 6.00. The van der Waals surface area contributed by atoms with Gasteiger partial charge < -0.3 is 9.47 Å². The number of alkyl halides is 1. The van der Waals surface area contributed by atoms with Gasteiger partial charge in [-0.3, -0.25) is 0 Å². The van der Waals surface area contributed by atoms with Crippen molar-refractivity contribution in [3.8, 4) is 0 Å². The topological polar surface area (TPSA) is 21.1 Å². The van der Waals surface area contributed by atoms with Gasteiger partial charge in [0.2, 0.25) is 0 Å². The van der Waals surface area contributed by atoms with Crippen LogP contribution < -0.4 is 0 Å². The fraction of sp³-hybridized carbons (Fsp3) is 0.462. The van der Waals surface area contributed by atoms with Gasteiger partial charge in [-0.2, -0.15) is 0 Å². The molecule has 1 atom stereocenters. The molecule has 2 rings (SSSR count). The summed E-state index contributed by atoms with van der Waals surface area (Å²) in [6.07, 6.45) is 0. The van der Waals surface area contributed by atoms with E-state index in [2.05, 4.69) is 21.4 Å². The van der Waals surface area contributed by atoms with Crippen LogP contribution in [0.3, 0.4) is 0 Å². The fourth-order valence-corrected chi connectivity index (χ4v) is 2.42. The monoisotopic (exact) mass is 319 g/mol. The fourth-order valence-electron chi connectivity index (χ4n) is 1.90. The van der Waals surface area contributed by atoms with Crippen molar-refractivity contribution in [3.63, 3.8) is 0 Å². The highest BCUT2D eigenvalue weighted by atomic mass is 35.5. The van der Waals surface area contributed by atoms with Crippen molar-refractivity contribution in [3.05, 3.63) is 28.0 Å². The molecule has 1 heterocycles. The Morgan fingerprint density at radius 1 is 1.26 bits per heavy atom. The predicted octanol–water partition coefficient (Wildman–Crippen LogP) is 4.03. The highest BCUT2D eigenvalue weighted by Crippen LogP contribution is 2.29. The number of aromatic nitrogens is 2. The molecule has 0 aliphatic carbocycles. The number of benzene rings is 1. The van der Waals surface area contributed by atoms with Gasteiger partial charge in [-0.25, -0.2) is 4.98 Å². The van der Waals surface area contributed by atoms with Gasteiger partial charge in [0, 0.05) is 12.6 Å². The van der Waals surface area contributed by atoms with E-state index in [9.17, 15) is 0 Å². The summed E-state index contributed by atoms with van der Waals surface area (Å²) in [4.78, 5) is 6.67. The average Bonchev–Trinajstić information content (AvgIpc) is 2.67. The number of hydrogen-bond donors (Lipinski definition) is 0. The van der Waals surface area contributed by atoms with Gasteiger partial charge in [-0.05, 0) is 33.2 Å². The van der Waals surface area contributed by atoms with E-state index in [1.54, 1.807) is 6.07 Å². The Morgan fingerprint density at radius 2 is 1.89 bits per heavy atom. The molecule has 2 aromatic rings. The molecule has 0 aliphatic heterocycles. The summed E-state index contributed by atoms with van der Waals surface area (Å²) in [6.45, 7) is 2.96. The molecule has 0 radical (unpaired) electrons. The second-order valence-electron chi connectivity index (χ2n) is 4.84. The Morgan fingerprint density at radius 3 is 2.47 bits per heavy atom. The highest BCUT2D eigenvalue weighted by Gasteiger charge is 2.15. The third kappa shape index (κ3) is 3.00. The lowest BCUT2D eigenvalue weighted by molar-refractivity contribution is 0.284. The molecule has 6 heteroatoms. The Labute approximate surface area is 128 Å². The maximum absolute atomic E-state index is 6.09. The van der Waals surface area contributed by atoms with Gasteiger partial charge in [-0.1, -0.05) is 23.2 Å². The van der Waals surface area contributed by atoms with E-state index in [1.807, 2.05) is 20.2 Å². The van der Waals surface area contributed by atoms with Crippen LogP contribution in [0.25, 0.3) is 11.0 Å². The largest absolute Gasteiger partial charge is 0.325 e. The minimum Gasteiger partial charge on any atom is -0.325 e. The predicted molar refractivity (Wildman–Crippen MR) is 82.5 cm³/mol. The molecule has 1 aromatic carbocycles. The molecule has 0 fully saturated rings. The highest BCUT2D eigenvalue weighted by molar-refractivity contribution is 6.42. The van der Waals surface area contributed by atoms with Crippen LogP contribution >= 0.6 is 34.8 Å². The van der Waals surface area contributed by atoms with Crippen molar-refractivity contribution in [2.75, 3.05) is 14.1 Å². The maximum atomic E-state index is 6.09. The number of imidazole rings is 1. The van der Waals surface area contributed by atoms with Gasteiger partial charge in [0.1, 0.15) is 5.82 Å². The van der Waals surface area contributed by atoms with Crippen LogP contribution in [-0.2, 0) is 12.4 Å². The van der Waals surface area contributed by atoms with Crippen LogP contribution in [0.5, 0.6) is 0 Å². The standard InChI is InChI=1S/C13H16Cl3N3/c1-8(18(2)3)7-19-12-5-10(16)9(15)4-11(12)17-13(19)6-14/h4-5,8H,6-7H2,1-3H3. The van der Waals surface area contributed by atoms with E-state index in [4.69, 9.17) is 34.8 Å². The Kier molecular flexibility index (Phi) is 4.62. The van der Waals surface area contributed by atoms with Crippen molar-refractivity contribution < 1.29 is 0 Å². The van der Waals surface area contributed by atoms with Crippen LogP contribution in [0.4, 0.5) is 0 Å².